The number of hydrazone groups is 1. The van der Waals surface area contributed by atoms with Crippen molar-refractivity contribution in [3.63, 3.8) is 0 Å². The summed E-state index contributed by atoms with van der Waals surface area (Å²) in [5.74, 6) is 1.02. The molecule has 6 nitrogen and oxygen atoms in total. The Morgan fingerprint density at radius 1 is 1.19 bits per heavy atom. The number of aromatic nitrogens is 1. The van der Waals surface area contributed by atoms with Crippen LogP contribution in [0.25, 0.3) is 11.1 Å². The predicted molar refractivity (Wildman–Crippen MR) is 123 cm³/mol. The van der Waals surface area contributed by atoms with Gasteiger partial charge in [-0.2, -0.15) is 5.10 Å². The molecule has 156 valence electrons. The lowest BCUT2D eigenvalue weighted by Crippen LogP contribution is -2.17. The number of nitrogens with one attached hydrogen (secondary N) is 1. The quantitative estimate of drug-likeness (QED) is 0.226. The van der Waals surface area contributed by atoms with Gasteiger partial charge >= 0.3 is 0 Å². The second kappa shape index (κ2) is 9.68. The molecule has 0 fully saturated rings. The van der Waals surface area contributed by atoms with Crippen molar-refractivity contribution in [1.82, 2.24) is 10.4 Å². The average Bonchev–Trinajstić information content (AvgIpc) is 3.21. The van der Waals surface area contributed by atoms with Crippen LogP contribution in [-0.2, 0) is 5.75 Å². The Balaban J connectivity index is 1.44. The highest BCUT2D eigenvalue weighted by Crippen LogP contribution is 2.30. The fourth-order valence-corrected chi connectivity index (χ4v) is 3.91. The summed E-state index contributed by atoms with van der Waals surface area (Å²) in [6, 6.07) is 20.0. The van der Waals surface area contributed by atoms with E-state index in [1.54, 1.807) is 37.6 Å². The molecule has 0 aliphatic rings. The first-order valence-corrected chi connectivity index (χ1v) is 10.7. The molecule has 1 heterocycles. The highest BCUT2D eigenvalue weighted by Gasteiger charge is 2.10. The van der Waals surface area contributed by atoms with Gasteiger partial charge in [-0.25, -0.2) is 10.4 Å². The van der Waals surface area contributed by atoms with Crippen LogP contribution in [0.15, 0.2) is 81.5 Å². The second-order valence-electron chi connectivity index (χ2n) is 6.52. The summed E-state index contributed by atoms with van der Waals surface area (Å²) in [5.41, 5.74) is 6.31. The second-order valence-corrected chi connectivity index (χ2v) is 7.88. The summed E-state index contributed by atoms with van der Waals surface area (Å²) < 4.78 is 11.2. The monoisotopic (exact) mass is 451 g/mol. The van der Waals surface area contributed by atoms with Gasteiger partial charge in [-0.05, 0) is 54.1 Å². The molecule has 4 aromatic rings. The van der Waals surface area contributed by atoms with Crippen LogP contribution in [0, 0.1) is 0 Å². The van der Waals surface area contributed by atoms with Gasteiger partial charge in [-0.1, -0.05) is 41.6 Å². The van der Waals surface area contributed by atoms with Gasteiger partial charge in [0.1, 0.15) is 11.3 Å². The fourth-order valence-electron chi connectivity index (χ4n) is 2.90. The predicted octanol–water partition coefficient (Wildman–Crippen LogP) is 5.55. The lowest BCUT2D eigenvalue weighted by Gasteiger charge is -2.08. The summed E-state index contributed by atoms with van der Waals surface area (Å²) in [6.45, 7) is 0. The molecule has 8 heteroatoms. The molecule has 0 radical (unpaired) electrons. The van der Waals surface area contributed by atoms with Gasteiger partial charge in [0.25, 0.3) is 11.1 Å². The number of carbonyl (C=O) groups excluding carboxylic acids is 1. The summed E-state index contributed by atoms with van der Waals surface area (Å²) in [4.78, 5) is 16.6. The Kier molecular flexibility index (Phi) is 6.54. The molecule has 0 saturated carbocycles. The molecule has 0 aliphatic heterocycles. The van der Waals surface area contributed by atoms with Gasteiger partial charge in [-0.3, -0.25) is 4.79 Å². The number of rotatable bonds is 7. The fraction of sp³-hybridized carbons (Fsp3) is 0.0870. The summed E-state index contributed by atoms with van der Waals surface area (Å²) >= 11 is 7.40. The third-order valence-corrected chi connectivity index (χ3v) is 5.51. The van der Waals surface area contributed by atoms with E-state index in [9.17, 15) is 4.79 Å². The molecule has 0 unspecified atom stereocenters. The zero-order valence-electron chi connectivity index (χ0n) is 16.5. The number of halogens is 1. The van der Waals surface area contributed by atoms with E-state index in [0.717, 1.165) is 28.0 Å². The third kappa shape index (κ3) is 5.25. The van der Waals surface area contributed by atoms with Gasteiger partial charge < -0.3 is 9.15 Å². The zero-order chi connectivity index (χ0) is 21.6. The van der Waals surface area contributed by atoms with Gasteiger partial charge in [0, 0.05) is 21.9 Å². The van der Waals surface area contributed by atoms with Crippen LogP contribution in [0.5, 0.6) is 5.75 Å². The number of fused-ring (bicyclic) bond motifs is 1. The van der Waals surface area contributed by atoms with Crippen molar-refractivity contribution >= 4 is 46.6 Å². The number of hydrogen-bond acceptors (Lipinski definition) is 6. The lowest BCUT2D eigenvalue weighted by molar-refractivity contribution is 0.0955. The number of hydrogen-bond donors (Lipinski definition) is 1. The molecule has 0 spiro atoms. The lowest BCUT2D eigenvalue weighted by atomic mass is 10.1. The molecular formula is C23H18ClN3O3S. The van der Waals surface area contributed by atoms with Gasteiger partial charge in [0.2, 0.25) is 0 Å². The van der Waals surface area contributed by atoms with E-state index in [1.165, 1.54) is 11.8 Å². The van der Waals surface area contributed by atoms with Crippen molar-refractivity contribution in [3.8, 4) is 5.75 Å². The third-order valence-electron chi connectivity index (χ3n) is 4.40. The number of thioether (sulfide) groups is 1. The van der Waals surface area contributed by atoms with Crippen LogP contribution in [0.1, 0.15) is 21.5 Å². The zero-order valence-corrected chi connectivity index (χ0v) is 18.1. The van der Waals surface area contributed by atoms with Gasteiger partial charge in [0.05, 0.1) is 13.3 Å². The van der Waals surface area contributed by atoms with Crippen molar-refractivity contribution in [2.45, 2.75) is 11.0 Å². The van der Waals surface area contributed by atoms with Crippen LogP contribution < -0.4 is 10.2 Å². The van der Waals surface area contributed by atoms with Crippen LogP contribution in [0.2, 0.25) is 5.02 Å². The molecule has 1 aromatic heterocycles. The Labute approximate surface area is 188 Å². The standard InChI is InChI=1S/C23H18ClN3O3S/c1-29-20-10-9-15(13-25-27-22(28)16-5-4-6-18(24)12-16)11-17(20)14-31-23-26-19-7-2-3-8-21(19)30-23/h2-13H,14H2,1H3,(H,27,28)/b25-13-. The first-order valence-electron chi connectivity index (χ1n) is 9.36. The number of carbonyl (C=O) groups is 1. The molecular weight excluding hydrogens is 434 g/mol. The van der Waals surface area contributed by atoms with Crippen LogP contribution >= 0.6 is 23.4 Å². The normalized spacial score (nSPS) is 11.2. The van der Waals surface area contributed by atoms with Crippen molar-refractivity contribution in [2.75, 3.05) is 7.11 Å². The van der Waals surface area contributed by atoms with Crippen molar-refractivity contribution in [3.05, 3.63) is 88.4 Å². The van der Waals surface area contributed by atoms with Crippen molar-refractivity contribution in [1.29, 1.82) is 0 Å². The van der Waals surface area contributed by atoms with E-state index >= 15 is 0 Å². The molecule has 4 rings (SSSR count). The molecule has 31 heavy (non-hydrogen) atoms. The van der Waals surface area contributed by atoms with Crippen LogP contribution in [0.4, 0.5) is 0 Å². The summed E-state index contributed by atoms with van der Waals surface area (Å²) in [7, 11) is 1.63. The number of methoxy groups -OCH3 is 1. The molecule has 0 bridgehead atoms. The van der Waals surface area contributed by atoms with E-state index in [-0.39, 0.29) is 5.91 Å². The van der Waals surface area contributed by atoms with E-state index < -0.39 is 0 Å². The first kappa shape index (κ1) is 21.0. The maximum Gasteiger partial charge on any atom is 0.271 e. The Morgan fingerprint density at radius 2 is 2.06 bits per heavy atom. The van der Waals surface area contributed by atoms with Crippen LogP contribution in [0.3, 0.4) is 0 Å². The average molecular weight is 452 g/mol. The van der Waals surface area contributed by atoms with Crippen molar-refractivity contribution < 1.29 is 13.9 Å². The topological polar surface area (TPSA) is 76.7 Å². The van der Waals surface area contributed by atoms with E-state index in [4.69, 9.17) is 20.8 Å². The van der Waals surface area contributed by atoms with Crippen LogP contribution in [-0.4, -0.2) is 24.2 Å². The molecule has 1 N–H and O–H groups in total. The van der Waals surface area contributed by atoms with Crippen molar-refractivity contribution in [2.24, 2.45) is 5.10 Å². The summed E-state index contributed by atoms with van der Waals surface area (Å²) in [5, 5.41) is 5.13. The minimum atomic E-state index is -0.334. The molecule has 0 aliphatic carbocycles. The Bertz CT molecular complexity index is 1220. The number of amides is 1. The minimum absolute atomic E-state index is 0.334. The first-order chi connectivity index (χ1) is 15.1. The minimum Gasteiger partial charge on any atom is -0.496 e. The van der Waals surface area contributed by atoms with E-state index in [1.807, 2.05) is 42.5 Å². The maximum absolute atomic E-state index is 12.2. The SMILES string of the molecule is COc1ccc(/C=N\NC(=O)c2cccc(Cl)c2)cc1CSc1nc2ccccc2o1. The number of oxazole rings is 1. The Hall–Kier alpha value is -3.29. The Morgan fingerprint density at radius 3 is 2.87 bits per heavy atom. The van der Waals surface area contributed by atoms with Gasteiger partial charge in [-0.15, -0.1) is 0 Å². The highest BCUT2D eigenvalue weighted by atomic mass is 35.5. The summed E-state index contributed by atoms with van der Waals surface area (Å²) in [6.07, 6.45) is 1.58. The van der Waals surface area contributed by atoms with E-state index in [0.29, 0.717) is 21.6 Å². The number of ether oxygens (including phenoxy) is 1. The number of nitrogens with zero attached hydrogens (tertiary/aromatic N) is 2. The van der Waals surface area contributed by atoms with Gasteiger partial charge in [0.15, 0.2) is 5.58 Å². The number of para-hydroxylation sites is 2. The highest BCUT2D eigenvalue weighted by molar-refractivity contribution is 7.98. The molecule has 0 saturated heterocycles. The molecule has 3 aromatic carbocycles. The largest absolute Gasteiger partial charge is 0.496 e. The number of benzene rings is 3. The molecule has 1 amide bonds. The smallest absolute Gasteiger partial charge is 0.271 e. The molecule has 0 atom stereocenters. The van der Waals surface area contributed by atoms with E-state index in [2.05, 4.69) is 15.5 Å². The maximum atomic E-state index is 12.2.